The molecule has 33 heavy (non-hydrogen) atoms. The third-order valence-electron chi connectivity index (χ3n) is 5.79. The van der Waals surface area contributed by atoms with Gasteiger partial charge in [0.25, 0.3) is 5.89 Å². The molecule has 0 spiro atoms. The van der Waals surface area contributed by atoms with E-state index >= 15 is 0 Å². The van der Waals surface area contributed by atoms with Gasteiger partial charge in [-0.3, -0.25) is 9.48 Å². The van der Waals surface area contributed by atoms with Gasteiger partial charge >= 0.3 is 11.8 Å². The van der Waals surface area contributed by atoms with Crippen molar-refractivity contribution in [3.63, 3.8) is 0 Å². The van der Waals surface area contributed by atoms with E-state index in [1.807, 2.05) is 6.92 Å². The monoisotopic (exact) mass is 447 g/mol. The van der Waals surface area contributed by atoms with Gasteiger partial charge in [0.05, 0.1) is 29.0 Å². The number of hydrogen-bond acceptors (Lipinski definition) is 7. The van der Waals surface area contributed by atoms with Crippen LogP contribution in [-0.2, 0) is 13.5 Å². The topological polar surface area (TPSA) is 123 Å². The van der Waals surface area contributed by atoms with Crippen molar-refractivity contribution in [1.82, 2.24) is 44.5 Å². The lowest BCUT2D eigenvalue weighted by molar-refractivity contribution is 0.0646. The predicted octanol–water partition coefficient (Wildman–Crippen LogP) is 2.08. The van der Waals surface area contributed by atoms with Crippen molar-refractivity contribution in [2.24, 2.45) is 7.05 Å². The second-order valence-corrected chi connectivity index (χ2v) is 7.89. The van der Waals surface area contributed by atoms with Crippen LogP contribution < -0.4 is 0 Å². The number of nitrogens with zero attached hydrogens (tertiary/aromatic N) is 8. The number of aromatic amines is 1. The molecule has 5 aromatic heterocycles. The van der Waals surface area contributed by atoms with Gasteiger partial charge in [0.1, 0.15) is 17.4 Å². The largest absolute Gasteiger partial charge is 0.412 e. The average molecular weight is 447 g/mol. The molecular formula is C21H18FN9O2. The average Bonchev–Trinajstić information content (AvgIpc) is 3.58. The summed E-state index contributed by atoms with van der Waals surface area (Å²) in [7, 11) is 1.79. The van der Waals surface area contributed by atoms with Gasteiger partial charge in [-0.25, -0.2) is 13.9 Å². The van der Waals surface area contributed by atoms with Crippen molar-refractivity contribution < 1.29 is 13.6 Å². The summed E-state index contributed by atoms with van der Waals surface area (Å²) in [5.41, 5.74) is 3.73. The molecule has 1 atom stereocenters. The minimum absolute atomic E-state index is 0.146. The van der Waals surface area contributed by atoms with E-state index in [4.69, 9.17) is 4.42 Å². The first-order chi connectivity index (χ1) is 16.0. The van der Waals surface area contributed by atoms with Crippen molar-refractivity contribution in [3.8, 4) is 11.5 Å². The molecule has 6 heterocycles. The molecule has 1 aliphatic rings. The van der Waals surface area contributed by atoms with E-state index in [2.05, 4.69) is 30.4 Å². The van der Waals surface area contributed by atoms with Gasteiger partial charge in [0, 0.05) is 38.1 Å². The summed E-state index contributed by atoms with van der Waals surface area (Å²) in [6, 6.07) is 3.93. The maximum absolute atomic E-state index is 14.3. The number of hydrogen-bond donors (Lipinski definition) is 1. The number of aryl methyl sites for hydroxylation is 2. The van der Waals surface area contributed by atoms with Crippen molar-refractivity contribution in [2.75, 3.05) is 6.54 Å². The molecule has 1 amide bonds. The number of rotatable bonds is 3. The number of H-pyrrole nitrogens is 1. The minimum atomic E-state index is -0.637. The summed E-state index contributed by atoms with van der Waals surface area (Å²) in [6.45, 7) is 2.20. The number of aromatic nitrogens is 8. The number of fused-ring (bicyclic) bond motifs is 2. The fourth-order valence-electron chi connectivity index (χ4n) is 4.28. The van der Waals surface area contributed by atoms with E-state index < -0.39 is 17.8 Å². The van der Waals surface area contributed by atoms with Crippen LogP contribution in [0, 0.1) is 12.7 Å². The first kappa shape index (κ1) is 19.3. The SMILES string of the molecule is Cc1nn(C)cc1-c1nnc(C(=O)N2CCc3[nH]cnc3[C@H]2c2cc3c(F)cccn3n2)o1. The van der Waals surface area contributed by atoms with Crippen LogP contribution in [0.15, 0.2) is 41.3 Å². The zero-order valence-corrected chi connectivity index (χ0v) is 17.7. The van der Waals surface area contributed by atoms with Crippen LogP contribution in [0.4, 0.5) is 4.39 Å². The van der Waals surface area contributed by atoms with Gasteiger partial charge in [0.2, 0.25) is 0 Å². The number of nitrogens with one attached hydrogen (secondary N) is 1. The molecule has 0 saturated heterocycles. The Hall–Kier alpha value is -4.35. The molecule has 0 radical (unpaired) electrons. The van der Waals surface area contributed by atoms with Gasteiger partial charge in [-0.05, 0) is 25.1 Å². The second kappa shape index (κ2) is 7.08. The summed E-state index contributed by atoms with van der Waals surface area (Å²) in [6.07, 6.45) is 5.56. The van der Waals surface area contributed by atoms with Gasteiger partial charge < -0.3 is 14.3 Å². The summed E-state index contributed by atoms with van der Waals surface area (Å²) in [5.74, 6) is -0.785. The van der Waals surface area contributed by atoms with E-state index in [1.165, 1.54) is 10.6 Å². The van der Waals surface area contributed by atoms with Gasteiger partial charge in [0.15, 0.2) is 0 Å². The summed E-state index contributed by atoms with van der Waals surface area (Å²) in [5, 5.41) is 16.8. The third-order valence-corrected chi connectivity index (χ3v) is 5.79. The molecule has 1 aliphatic heterocycles. The van der Waals surface area contributed by atoms with Gasteiger partial charge in [-0.2, -0.15) is 10.2 Å². The molecule has 0 aliphatic carbocycles. The van der Waals surface area contributed by atoms with Crippen LogP contribution in [0.5, 0.6) is 0 Å². The maximum Gasteiger partial charge on any atom is 0.312 e. The Morgan fingerprint density at radius 1 is 1.30 bits per heavy atom. The molecule has 0 fully saturated rings. The minimum Gasteiger partial charge on any atom is -0.412 e. The quantitative estimate of drug-likeness (QED) is 0.449. The van der Waals surface area contributed by atoms with E-state index in [1.54, 1.807) is 47.5 Å². The molecule has 5 aromatic rings. The Balaban J connectivity index is 1.41. The number of imidazole rings is 1. The fourth-order valence-corrected chi connectivity index (χ4v) is 4.28. The van der Waals surface area contributed by atoms with Crippen molar-refractivity contribution in [2.45, 2.75) is 19.4 Å². The number of carbonyl (C=O) groups excluding carboxylic acids is 1. The van der Waals surface area contributed by atoms with Crippen molar-refractivity contribution in [1.29, 1.82) is 0 Å². The maximum atomic E-state index is 14.3. The standard InChI is InChI=1S/C21H18FN9O2/c1-11-12(9-29(2)27-11)19-25-26-20(33-19)21(32)30-7-5-14-17(24-10-23-14)18(30)15-8-16-13(22)4-3-6-31(16)28-15/h3-4,6,8-10,18H,5,7H2,1-2H3,(H,23,24)/t18-/m1/s1. The highest BCUT2D eigenvalue weighted by atomic mass is 19.1. The molecule has 1 N–H and O–H groups in total. The second-order valence-electron chi connectivity index (χ2n) is 7.89. The molecule has 6 rings (SSSR count). The molecule has 0 saturated carbocycles. The Kier molecular flexibility index (Phi) is 4.15. The lowest BCUT2D eigenvalue weighted by atomic mass is 9.99. The Morgan fingerprint density at radius 2 is 2.18 bits per heavy atom. The first-order valence-electron chi connectivity index (χ1n) is 10.3. The lowest BCUT2D eigenvalue weighted by Gasteiger charge is -2.32. The summed E-state index contributed by atoms with van der Waals surface area (Å²) >= 11 is 0. The first-order valence-corrected chi connectivity index (χ1v) is 10.3. The molecule has 11 nitrogen and oxygen atoms in total. The van der Waals surface area contributed by atoms with E-state index in [-0.39, 0.29) is 11.8 Å². The van der Waals surface area contributed by atoms with E-state index in [0.29, 0.717) is 41.1 Å². The zero-order valence-electron chi connectivity index (χ0n) is 17.7. The number of carbonyl (C=O) groups is 1. The van der Waals surface area contributed by atoms with Crippen LogP contribution in [0.1, 0.15) is 39.5 Å². The van der Waals surface area contributed by atoms with E-state index in [0.717, 1.165) is 5.69 Å². The highest BCUT2D eigenvalue weighted by Gasteiger charge is 2.38. The van der Waals surface area contributed by atoms with Gasteiger partial charge in [-0.1, -0.05) is 0 Å². The third kappa shape index (κ3) is 3.02. The highest BCUT2D eigenvalue weighted by molar-refractivity contribution is 5.90. The van der Waals surface area contributed by atoms with E-state index in [9.17, 15) is 9.18 Å². The highest BCUT2D eigenvalue weighted by Crippen LogP contribution is 2.34. The summed E-state index contributed by atoms with van der Waals surface area (Å²) < 4.78 is 23.1. The van der Waals surface area contributed by atoms with Crippen LogP contribution in [0.2, 0.25) is 0 Å². The molecule has 0 aromatic carbocycles. The molecule has 12 heteroatoms. The van der Waals surface area contributed by atoms with Crippen molar-refractivity contribution in [3.05, 3.63) is 71.4 Å². The Labute approximate surface area is 185 Å². The molecule has 166 valence electrons. The number of halogens is 1. The van der Waals surface area contributed by atoms with Crippen molar-refractivity contribution >= 4 is 11.4 Å². The lowest BCUT2D eigenvalue weighted by Crippen LogP contribution is -2.41. The van der Waals surface area contributed by atoms with Crippen LogP contribution in [0.25, 0.3) is 17.0 Å². The van der Waals surface area contributed by atoms with Crippen LogP contribution in [-0.4, -0.2) is 56.9 Å². The molecular weight excluding hydrogens is 429 g/mol. The Bertz CT molecular complexity index is 1510. The predicted molar refractivity (Wildman–Crippen MR) is 112 cm³/mol. The number of amides is 1. The van der Waals surface area contributed by atoms with Crippen LogP contribution >= 0.6 is 0 Å². The smallest absolute Gasteiger partial charge is 0.312 e. The normalized spacial score (nSPS) is 15.8. The molecule has 0 bridgehead atoms. The summed E-state index contributed by atoms with van der Waals surface area (Å²) in [4.78, 5) is 22.6. The van der Waals surface area contributed by atoms with Gasteiger partial charge in [-0.15, -0.1) is 10.2 Å². The molecule has 0 unspecified atom stereocenters. The zero-order chi connectivity index (χ0) is 22.7. The fraction of sp³-hybridized carbons (Fsp3) is 0.238. The number of pyridine rings is 1. The Morgan fingerprint density at radius 3 is 2.97 bits per heavy atom. The van der Waals surface area contributed by atoms with Crippen LogP contribution in [0.3, 0.4) is 0 Å².